The summed E-state index contributed by atoms with van der Waals surface area (Å²) < 4.78 is 2.26. The van der Waals surface area contributed by atoms with Gasteiger partial charge in [-0.3, -0.25) is 4.79 Å². The molecular weight excluding hydrogens is 338 g/mol. The van der Waals surface area contributed by atoms with Gasteiger partial charge in [-0.05, 0) is 12.8 Å². The van der Waals surface area contributed by atoms with E-state index < -0.39 is 35.1 Å². The van der Waals surface area contributed by atoms with Gasteiger partial charge >= 0.3 is 17.1 Å². The first kappa shape index (κ1) is 20.9. The maximum absolute atomic E-state index is 12.5. The molecular formula is C17H23N5O4. The molecule has 0 unspecified atom stereocenters. The van der Waals surface area contributed by atoms with Gasteiger partial charge in [0, 0.05) is 0 Å². The second-order valence-electron chi connectivity index (χ2n) is 6.25. The van der Waals surface area contributed by atoms with Crippen molar-refractivity contribution in [3.8, 4) is 6.07 Å². The van der Waals surface area contributed by atoms with Gasteiger partial charge in [0.2, 0.25) is 5.91 Å². The fourth-order valence-corrected chi connectivity index (χ4v) is 2.16. The zero-order valence-corrected chi connectivity index (χ0v) is 15.2. The predicted octanol–water partition coefficient (Wildman–Crippen LogP) is -0.402. The number of nitrogens with one attached hydrogen (secondary N) is 1. The molecule has 0 aliphatic carbocycles. The van der Waals surface area contributed by atoms with E-state index in [-0.39, 0.29) is 19.0 Å². The number of aromatic nitrogens is 3. The summed E-state index contributed by atoms with van der Waals surface area (Å²) in [6.07, 6.45) is 2.67. The molecule has 140 valence electrons. The van der Waals surface area contributed by atoms with Crippen molar-refractivity contribution in [1.29, 1.82) is 5.26 Å². The van der Waals surface area contributed by atoms with Crippen molar-refractivity contribution in [3.05, 3.63) is 56.8 Å². The molecule has 0 aliphatic rings. The molecule has 0 bridgehead atoms. The van der Waals surface area contributed by atoms with Crippen LogP contribution in [0.25, 0.3) is 0 Å². The van der Waals surface area contributed by atoms with Crippen LogP contribution in [0.1, 0.15) is 20.8 Å². The highest BCUT2D eigenvalue weighted by Gasteiger charge is 2.30. The number of nitriles is 1. The third kappa shape index (κ3) is 4.08. The van der Waals surface area contributed by atoms with Crippen LogP contribution in [0.5, 0.6) is 0 Å². The molecule has 1 aromatic rings. The largest absolute Gasteiger partial charge is 0.337 e. The summed E-state index contributed by atoms with van der Waals surface area (Å²) in [5.41, 5.74) is -3.80. The quantitative estimate of drug-likeness (QED) is 0.632. The minimum Gasteiger partial charge on any atom is -0.336 e. The second kappa shape index (κ2) is 8.29. The first-order valence-corrected chi connectivity index (χ1v) is 8.01. The van der Waals surface area contributed by atoms with Gasteiger partial charge in [0.15, 0.2) is 0 Å². The molecule has 1 atom stereocenters. The number of hydrogen-bond acceptors (Lipinski definition) is 5. The topological polar surface area (TPSA) is 119 Å². The third-order valence-electron chi connectivity index (χ3n) is 4.10. The number of nitrogens with zero attached hydrogens (tertiary/aromatic N) is 4. The number of allylic oxidation sites excluding steroid dienone is 2. The van der Waals surface area contributed by atoms with E-state index >= 15 is 0 Å². The van der Waals surface area contributed by atoms with E-state index in [0.29, 0.717) is 4.57 Å². The summed E-state index contributed by atoms with van der Waals surface area (Å²) in [5, 5.41) is 11.8. The molecule has 1 amide bonds. The zero-order valence-electron chi connectivity index (χ0n) is 15.2. The lowest BCUT2D eigenvalue weighted by Crippen LogP contribution is -2.57. The van der Waals surface area contributed by atoms with Crippen LogP contribution >= 0.6 is 0 Å². The molecule has 1 aromatic heterocycles. The van der Waals surface area contributed by atoms with E-state index in [0.717, 1.165) is 9.13 Å². The van der Waals surface area contributed by atoms with E-state index in [4.69, 9.17) is 0 Å². The van der Waals surface area contributed by atoms with Crippen LogP contribution in [0.2, 0.25) is 0 Å². The number of carbonyl (C=O) groups excluding carboxylic acids is 1. The maximum atomic E-state index is 12.5. The molecule has 26 heavy (non-hydrogen) atoms. The minimum atomic E-state index is -1.16. The van der Waals surface area contributed by atoms with E-state index in [1.807, 2.05) is 6.07 Å². The van der Waals surface area contributed by atoms with Crippen LogP contribution in [0.3, 0.4) is 0 Å². The average molecular weight is 361 g/mol. The van der Waals surface area contributed by atoms with E-state index in [9.17, 15) is 24.4 Å². The molecule has 1 rings (SSSR count). The van der Waals surface area contributed by atoms with E-state index in [2.05, 4.69) is 18.5 Å². The first-order valence-electron chi connectivity index (χ1n) is 8.01. The lowest BCUT2D eigenvalue weighted by atomic mass is 9.90. The molecule has 1 heterocycles. The molecule has 0 aliphatic heterocycles. The fraction of sp³-hybridized carbons (Fsp3) is 0.471. The third-order valence-corrected chi connectivity index (χ3v) is 4.10. The summed E-state index contributed by atoms with van der Waals surface area (Å²) in [5.74, 6) is -0.878. The lowest BCUT2D eigenvalue weighted by molar-refractivity contribution is -0.123. The van der Waals surface area contributed by atoms with Crippen LogP contribution in [0.4, 0.5) is 0 Å². The van der Waals surface area contributed by atoms with E-state index in [1.54, 1.807) is 20.8 Å². The number of amides is 1. The van der Waals surface area contributed by atoms with Gasteiger partial charge in [-0.1, -0.05) is 26.0 Å². The lowest BCUT2D eigenvalue weighted by Gasteiger charge is -2.27. The van der Waals surface area contributed by atoms with E-state index in [1.165, 1.54) is 12.2 Å². The highest BCUT2D eigenvalue weighted by Crippen LogP contribution is 2.14. The van der Waals surface area contributed by atoms with Gasteiger partial charge in [0.25, 0.3) is 0 Å². The summed E-state index contributed by atoms with van der Waals surface area (Å²) in [6, 6.07) is 2.01. The monoisotopic (exact) mass is 361 g/mol. The molecule has 0 fully saturated rings. The van der Waals surface area contributed by atoms with Crippen LogP contribution in [-0.2, 0) is 24.4 Å². The molecule has 0 aromatic carbocycles. The highest BCUT2D eigenvalue weighted by molar-refractivity contribution is 5.77. The summed E-state index contributed by atoms with van der Waals surface area (Å²) >= 11 is 0. The Kier molecular flexibility index (Phi) is 6.66. The number of carbonyl (C=O) groups is 1. The standard InChI is InChI=1S/C17H23N5O4/c1-6-8-20-14(24)21(9-7-2)16(26)22(15(20)25)10-13(23)19-17(5,11-18)12(3)4/h6-7,12H,1-2,8-10H2,3-5H3,(H,19,23)/t17-/m1/s1. The van der Waals surface area contributed by atoms with Crippen molar-refractivity contribution < 1.29 is 4.79 Å². The fourth-order valence-electron chi connectivity index (χ4n) is 2.16. The predicted molar refractivity (Wildman–Crippen MR) is 96.6 cm³/mol. The molecule has 9 heteroatoms. The van der Waals surface area contributed by atoms with Gasteiger partial charge in [-0.25, -0.2) is 28.1 Å². The maximum Gasteiger partial charge on any atom is 0.337 e. The summed E-state index contributed by atoms with van der Waals surface area (Å²) in [4.78, 5) is 49.5. The molecule has 9 nitrogen and oxygen atoms in total. The Morgan fingerprint density at radius 1 is 1.12 bits per heavy atom. The Morgan fingerprint density at radius 3 is 1.88 bits per heavy atom. The molecule has 0 spiro atoms. The molecule has 0 saturated heterocycles. The van der Waals surface area contributed by atoms with Crippen LogP contribution in [0.15, 0.2) is 39.7 Å². The van der Waals surface area contributed by atoms with Crippen molar-refractivity contribution in [2.45, 2.75) is 45.9 Å². The first-order chi connectivity index (χ1) is 12.1. The van der Waals surface area contributed by atoms with Crippen LogP contribution in [-0.4, -0.2) is 25.1 Å². The normalized spacial score (nSPS) is 12.9. The van der Waals surface area contributed by atoms with Crippen molar-refractivity contribution in [1.82, 2.24) is 19.0 Å². The van der Waals surface area contributed by atoms with Crippen molar-refractivity contribution in [2.24, 2.45) is 5.92 Å². The van der Waals surface area contributed by atoms with Gasteiger partial charge in [0.1, 0.15) is 12.1 Å². The zero-order chi connectivity index (χ0) is 20.1. The van der Waals surface area contributed by atoms with Crippen LogP contribution in [0, 0.1) is 17.2 Å². The summed E-state index contributed by atoms with van der Waals surface area (Å²) in [7, 11) is 0. The molecule has 1 N–H and O–H groups in total. The van der Waals surface area contributed by atoms with Gasteiger partial charge in [-0.15, -0.1) is 13.2 Å². The Balaban J connectivity index is 3.43. The average Bonchev–Trinajstić information content (AvgIpc) is 2.59. The van der Waals surface area contributed by atoms with Crippen molar-refractivity contribution in [2.75, 3.05) is 0 Å². The smallest absolute Gasteiger partial charge is 0.336 e. The molecule has 0 saturated carbocycles. The highest BCUT2D eigenvalue weighted by atomic mass is 16.2. The summed E-state index contributed by atoms with van der Waals surface area (Å²) in [6.45, 7) is 11.2. The Bertz CT molecular complexity index is 880. The van der Waals surface area contributed by atoms with Gasteiger partial charge < -0.3 is 5.32 Å². The number of hydrogen-bond donors (Lipinski definition) is 1. The van der Waals surface area contributed by atoms with Crippen molar-refractivity contribution in [3.63, 3.8) is 0 Å². The second-order valence-corrected chi connectivity index (χ2v) is 6.25. The Hall–Kier alpha value is -3.15. The van der Waals surface area contributed by atoms with Crippen molar-refractivity contribution >= 4 is 5.91 Å². The minimum absolute atomic E-state index is 0.112. The Labute approximate surface area is 150 Å². The van der Waals surface area contributed by atoms with Gasteiger partial charge in [0.05, 0.1) is 19.2 Å². The van der Waals surface area contributed by atoms with Crippen LogP contribution < -0.4 is 22.4 Å². The van der Waals surface area contributed by atoms with Gasteiger partial charge in [-0.2, -0.15) is 5.26 Å². The molecule has 0 radical (unpaired) electrons. The SMILES string of the molecule is C=CCn1c(=O)n(CC=C)c(=O)n(CC(=O)N[C@](C)(C#N)C(C)C)c1=O. The number of rotatable bonds is 8. The Morgan fingerprint density at radius 2 is 1.54 bits per heavy atom.